The van der Waals surface area contributed by atoms with Crippen molar-refractivity contribution in [3.63, 3.8) is 0 Å². The van der Waals surface area contributed by atoms with E-state index in [-0.39, 0.29) is 11.8 Å². The summed E-state index contributed by atoms with van der Waals surface area (Å²) in [5, 5.41) is 3.45. The molecule has 0 saturated carbocycles. The van der Waals surface area contributed by atoms with Gasteiger partial charge in [-0.1, -0.05) is 24.3 Å². The minimum atomic E-state index is -0.207. The van der Waals surface area contributed by atoms with E-state index >= 15 is 0 Å². The Morgan fingerprint density at radius 3 is 2.89 bits per heavy atom. The summed E-state index contributed by atoms with van der Waals surface area (Å²) in [7, 11) is 0. The number of alkyl halides is 1. The lowest BCUT2D eigenvalue weighted by Gasteiger charge is -2.05. The Morgan fingerprint density at radius 2 is 2.22 bits per heavy atom. The second-order valence-electron chi connectivity index (χ2n) is 4.49. The molecule has 96 valence electrons. The third kappa shape index (κ3) is 2.65. The summed E-state index contributed by atoms with van der Waals surface area (Å²) < 4.78 is 1.10. The lowest BCUT2D eigenvalue weighted by molar-refractivity contribution is -0.118. The van der Waals surface area contributed by atoms with Crippen molar-refractivity contribution in [1.82, 2.24) is 4.98 Å². The molecule has 0 spiro atoms. The summed E-state index contributed by atoms with van der Waals surface area (Å²) in [5.74, 6) is 0.0226. The van der Waals surface area contributed by atoms with Gasteiger partial charge in [0.25, 0.3) is 0 Å². The Labute approximate surface area is 115 Å². The number of benzene rings is 1. The van der Waals surface area contributed by atoms with Crippen LogP contribution in [0.1, 0.15) is 18.1 Å². The van der Waals surface area contributed by atoms with E-state index in [1.807, 2.05) is 6.92 Å². The molecule has 0 radical (unpaired) electrons. The summed E-state index contributed by atoms with van der Waals surface area (Å²) in [6.45, 7) is 5.88. The molecule has 1 heterocycles. The van der Waals surface area contributed by atoms with Gasteiger partial charge in [-0.25, -0.2) is 4.98 Å². The van der Waals surface area contributed by atoms with Gasteiger partial charge in [-0.15, -0.1) is 11.6 Å². The van der Waals surface area contributed by atoms with E-state index in [1.54, 1.807) is 6.92 Å². The highest BCUT2D eigenvalue weighted by Gasteiger charge is 2.14. The molecule has 1 amide bonds. The number of carbonyl (C=O) groups excluding carboxylic acids is 1. The lowest BCUT2D eigenvalue weighted by Crippen LogP contribution is -2.21. The van der Waals surface area contributed by atoms with Crippen molar-refractivity contribution in [1.29, 1.82) is 0 Å². The second kappa shape index (κ2) is 5.24. The number of halogens is 1. The Kier molecular flexibility index (Phi) is 3.88. The van der Waals surface area contributed by atoms with Crippen molar-refractivity contribution in [3.8, 4) is 0 Å². The number of nitrogens with one attached hydrogen (secondary N) is 1. The number of rotatable bonds is 3. The first kappa shape index (κ1) is 13.3. The summed E-state index contributed by atoms with van der Waals surface area (Å²) in [5.41, 5.74) is 3.29. The van der Waals surface area contributed by atoms with Crippen LogP contribution in [0, 0.1) is 19.8 Å². The molecule has 0 bridgehead atoms. The molecule has 3 nitrogen and oxygen atoms in total. The van der Waals surface area contributed by atoms with Gasteiger partial charge in [-0.3, -0.25) is 4.79 Å². The van der Waals surface area contributed by atoms with Gasteiger partial charge in [0.05, 0.1) is 10.2 Å². The quantitative estimate of drug-likeness (QED) is 0.872. The molecule has 0 fully saturated rings. The zero-order valence-electron chi connectivity index (χ0n) is 10.6. The first-order valence-electron chi connectivity index (χ1n) is 5.76. The van der Waals surface area contributed by atoms with Gasteiger partial charge in [-0.05, 0) is 31.0 Å². The maximum atomic E-state index is 11.7. The number of hydrogen-bond acceptors (Lipinski definition) is 3. The molecule has 0 aliphatic rings. The molecule has 1 unspecified atom stereocenters. The average molecular weight is 283 g/mol. The number of hydrogen-bond donors (Lipinski definition) is 1. The molecule has 18 heavy (non-hydrogen) atoms. The van der Waals surface area contributed by atoms with Crippen LogP contribution in [0.2, 0.25) is 0 Å². The molecule has 5 heteroatoms. The van der Waals surface area contributed by atoms with E-state index in [0.29, 0.717) is 11.0 Å². The number of anilines is 1. The predicted molar refractivity (Wildman–Crippen MR) is 77.6 cm³/mol. The highest BCUT2D eigenvalue weighted by atomic mass is 35.5. The highest BCUT2D eigenvalue weighted by Crippen LogP contribution is 2.29. The number of amides is 1. The van der Waals surface area contributed by atoms with Crippen molar-refractivity contribution >= 4 is 44.2 Å². The average Bonchev–Trinajstić information content (AvgIpc) is 2.70. The maximum absolute atomic E-state index is 11.7. The minimum Gasteiger partial charge on any atom is -0.302 e. The van der Waals surface area contributed by atoms with Crippen molar-refractivity contribution < 1.29 is 4.79 Å². The van der Waals surface area contributed by atoms with Crippen molar-refractivity contribution in [2.75, 3.05) is 11.2 Å². The smallest absolute Gasteiger partial charge is 0.230 e. The molecule has 1 aromatic heterocycles. The Balaban J connectivity index is 2.31. The number of aromatic nitrogens is 1. The van der Waals surface area contributed by atoms with Crippen LogP contribution in [0.3, 0.4) is 0 Å². The van der Waals surface area contributed by atoms with E-state index in [0.717, 1.165) is 15.8 Å². The lowest BCUT2D eigenvalue weighted by atomic mass is 10.1. The number of aryl methyl sites for hydroxylation is 2. The van der Waals surface area contributed by atoms with Gasteiger partial charge in [0.1, 0.15) is 0 Å². The van der Waals surface area contributed by atoms with Gasteiger partial charge < -0.3 is 5.32 Å². The SMILES string of the molecule is Cc1cc(C)c2nc(NC(=O)C(C)CCl)sc2c1. The van der Waals surface area contributed by atoms with Crippen LogP contribution >= 0.6 is 22.9 Å². The van der Waals surface area contributed by atoms with Crippen LogP contribution in [-0.2, 0) is 4.79 Å². The Morgan fingerprint density at radius 1 is 1.50 bits per heavy atom. The summed E-state index contributed by atoms with van der Waals surface area (Å²) >= 11 is 7.16. The molecule has 0 aliphatic heterocycles. The van der Waals surface area contributed by atoms with Gasteiger partial charge in [0.15, 0.2) is 5.13 Å². The zero-order valence-corrected chi connectivity index (χ0v) is 12.2. The van der Waals surface area contributed by atoms with Crippen LogP contribution in [0.5, 0.6) is 0 Å². The largest absolute Gasteiger partial charge is 0.302 e. The third-order valence-electron chi connectivity index (χ3n) is 2.74. The van der Waals surface area contributed by atoms with Crippen LogP contribution in [-0.4, -0.2) is 16.8 Å². The van der Waals surface area contributed by atoms with Crippen LogP contribution < -0.4 is 5.32 Å². The maximum Gasteiger partial charge on any atom is 0.230 e. The number of fused-ring (bicyclic) bond motifs is 1. The van der Waals surface area contributed by atoms with Gasteiger partial charge in [-0.2, -0.15) is 0 Å². The Hall–Kier alpha value is -1.13. The normalized spacial score (nSPS) is 12.7. The topological polar surface area (TPSA) is 42.0 Å². The molecule has 1 atom stereocenters. The molecule has 1 N–H and O–H groups in total. The van der Waals surface area contributed by atoms with Crippen molar-refractivity contribution in [2.24, 2.45) is 5.92 Å². The number of carbonyl (C=O) groups is 1. The number of thiazole rings is 1. The molecule has 2 aromatic rings. The number of nitrogens with zero attached hydrogens (tertiary/aromatic N) is 1. The zero-order chi connectivity index (χ0) is 13.3. The predicted octanol–water partition coefficient (Wildman–Crippen LogP) is 3.73. The van der Waals surface area contributed by atoms with E-state index in [2.05, 4.69) is 29.4 Å². The molecule has 1 aromatic carbocycles. The fraction of sp³-hybridized carbons (Fsp3) is 0.385. The second-order valence-corrected chi connectivity index (χ2v) is 5.83. The van der Waals surface area contributed by atoms with E-state index in [4.69, 9.17) is 11.6 Å². The van der Waals surface area contributed by atoms with E-state index in [1.165, 1.54) is 16.9 Å². The molecule has 0 saturated heterocycles. The monoisotopic (exact) mass is 282 g/mol. The molecule has 2 rings (SSSR count). The van der Waals surface area contributed by atoms with Crippen LogP contribution in [0.25, 0.3) is 10.2 Å². The van der Waals surface area contributed by atoms with Gasteiger partial charge in [0, 0.05) is 11.8 Å². The molecular weight excluding hydrogens is 268 g/mol. The summed E-state index contributed by atoms with van der Waals surface area (Å²) in [6.07, 6.45) is 0. The summed E-state index contributed by atoms with van der Waals surface area (Å²) in [6, 6.07) is 4.18. The fourth-order valence-electron chi connectivity index (χ4n) is 1.72. The van der Waals surface area contributed by atoms with Gasteiger partial charge in [0.2, 0.25) is 5.91 Å². The van der Waals surface area contributed by atoms with Crippen LogP contribution in [0.4, 0.5) is 5.13 Å². The Bertz CT molecular complexity index is 594. The van der Waals surface area contributed by atoms with Crippen LogP contribution in [0.15, 0.2) is 12.1 Å². The minimum absolute atomic E-state index is 0.0848. The van der Waals surface area contributed by atoms with Crippen molar-refractivity contribution in [3.05, 3.63) is 23.3 Å². The molecule has 0 aliphatic carbocycles. The molecular formula is C13H15ClN2OS. The van der Waals surface area contributed by atoms with Crippen molar-refractivity contribution in [2.45, 2.75) is 20.8 Å². The highest BCUT2D eigenvalue weighted by molar-refractivity contribution is 7.22. The first-order chi connectivity index (χ1) is 8.51. The summed E-state index contributed by atoms with van der Waals surface area (Å²) in [4.78, 5) is 16.2. The standard InChI is InChI=1S/C13H15ClN2OS/c1-7-4-8(2)11-10(5-7)18-13(15-11)16-12(17)9(3)6-14/h4-5,9H,6H2,1-3H3,(H,15,16,17). The van der Waals surface area contributed by atoms with E-state index < -0.39 is 0 Å². The van der Waals surface area contributed by atoms with E-state index in [9.17, 15) is 4.79 Å². The third-order valence-corrected chi connectivity index (χ3v) is 4.12. The van der Waals surface area contributed by atoms with Gasteiger partial charge >= 0.3 is 0 Å². The first-order valence-corrected chi connectivity index (χ1v) is 7.11. The fourth-order valence-corrected chi connectivity index (χ4v) is 2.91.